The van der Waals surface area contributed by atoms with E-state index in [4.69, 9.17) is 5.41 Å². The molecule has 0 amide bonds. The monoisotopic (exact) mass is 125 g/mol. The summed E-state index contributed by atoms with van der Waals surface area (Å²) in [5.41, 5.74) is -0.470. The van der Waals surface area contributed by atoms with Crippen LogP contribution in [0.25, 0.3) is 0 Å². The van der Waals surface area contributed by atoms with Crippen molar-refractivity contribution in [1.82, 2.24) is 0 Å². The molecule has 0 heterocycles. The fourth-order valence-electron chi connectivity index (χ4n) is 0.428. The van der Waals surface area contributed by atoms with Crippen molar-refractivity contribution >= 4 is 12.5 Å². The highest BCUT2D eigenvalue weighted by Gasteiger charge is 2.20. The second-order valence-electron chi connectivity index (χ2n) is 2.37. The van der Waals surface area contributed by atoms with E-state index in [1.165, 1.54) is 0 Å². The van der Waals surface area contributed by atoms with E-state index >= 15 is 0 Å². The molecule has 0 aromatic heterocycles. The van der Waals surface area contributed by atoms with E-state index in [0.29, 0.717) is 6.42 Å². The maximum atomic E-state index is 10.2. The molecule has 2 radical (unpaired) electrons. The zero-order valence-corrected chi connectivity index (χ0v) is 5.82. The maximum absolute atomic E-state index is 10.2. The Bertz CT molecular complexity index is 111. The lowest BCUT2D eigenvalue weighted by Gasteiger charge is -2.15. The van der Waals surface area contributed by atoms with Crippen molar-refractivity contribution in [3.05, 3.63) is 0 Å². The van der Waals surface area contributed by atoms with Gasteiger partial charge in [0.25, 0.3) is 0 Å². The summed E-state index contributed by atoms with van der Waals surface area (Å²) in [5.74, 6) is 0. The molecule has 0 aliphatic carbocycles. The lowest BCUT2D eigenvalue weighted by Crippen LogP contribution is -2.16. The van der Waals surface area contributed by atoms with Crippen LogP contribution < -0.4 is 0 Å². The van der Waals surface area contributed by atoms with Crippen molar-refractivity contribution in [1.29, 1.82) is 5.41 Å². The molecule has 50 valence electrons. The largest absolute Gasteiger partial charge is 0.303 e. The third kappa shape index (κ3) is 2.40. The smallest absolute Gasteiger partial charge is 0.205 e. The van der Waals surface area contributed by atoms with Crippen LogP contribution in [-0.4, -0.2) is 12.5 Å². The van der Waals surface area contributed by atoms with Crippen molar-refractivity contribution in [3.8, 4) is 0 Å². The Kier molecular flexibility index (Phi) is 3.13. The van der Waals surface area contributed by atoms with Crippen molar-refractivity contribution in [2.75, 3.05) is 0 Å². The van der Waals surface area contributed by atoms with Gasteiger partial charge in [-0.2, -0.15) is 0 Å². The normalized spacial score (nSPS) is 16.2. The molecule has 1 atom stereocenters. The van der Waals surface area contributed by atoms with Crippen LogP contribution in [0.2, 0.25) is 0 Å². The Labute approximate surface area is 55.8 Å². The number of hydrogen-bond acceptors (Lipinski definition) is 2. The number of carbonyl (C=O) groups excluding carboxylic acids is 1. The van der Waals surface area contributed by atoms with Gasteiger partial charge in [0.1, 0.15) is 0 Å². The Hall–Kier alpha value is -0.660. The van der Waals surface area contributed by atoms with Gasteiger partial charge in [-0.05, 0) is 6.42 Å². The van der Waals surface area contributed by atoms with E-state index in [1.807, 2.05) is 13.2 Å². The molecule has 9 heavy (non-hydrogen) atoms. The molecule has 2 nitrogen and oxygen atoms in total. The summed E-state index contributed by atoms with van der Waals surface area (Å²) >= 11 is 0. The summed E-state index contributed by atoms with van der Waals surface area (Å²) in [4.78, 5) is 10.2. The average Bonchev–Trinajstić information content (AvgIpc) is 1.89. The molecule has 0 aromatic rings. The molecule has 0 aliphatic rings. The van der Waals surface area contributed by atoms with Crippen molar-refractivity contribution in [3.63, 3.8) is 0 Å². The van der Waals surface area contributed by atoms with Gasteiger partial charge < -0.3 is 5.41 Å². The standard InChI is InChI=1S/C7H11NO/c1-3-7(2,6-9)4-5-8/h8H,3-4H2,1-2H3. The Morgan fingerprint density at radius 3 is 2.33 bits per heavy atom. The molecule has 0 aliphatic heterocycles. The Morgan fingerprint density at radius 1 is 1.67 bits per heavy atom. The lowest BCUT2D eigenvalue weighted by atomic mass is 9.86. The van der Waals surface area contributed by atoms with Crippen LogP contribution in [0.15, 0.2) is 0 Å². The fraction of sp³-hybridized carbons (Fsp3) is 0.714. The van der Waals surface area contributed by atoms with E-state index in [-0.39, 0.29) is 0 Å². The minimum Gasteiger partial charge on any atom is -0.303 e. The van der Waals surface area contributed by atoms with Gasteiger partial charge in [0.2, 0.25) is 6.29 Å². The lowest BCUT2D eigenvalue weighted by molar-refractivity contribution is 0.420. The van der Waals surface area contributed by atoms with Crippen LogP contribution in [-0.2, 0) is 4.79 Å². The second kappa shape index (κ2) is 3.38. The minimum atomic E-state index is -0.470. The molecule has 0 aromatic carbocycles. The van der Waals surface area contributed by atoms with E-state index in [0.717, 1.165) is 6.42 Å². The molecule has 0 bridgehead atoms. The van der Waals surface area contributed by atoms with Crippen molar-refractivity contribution in [2.24, 2.45) is 5.41 Å². The molecule has 1 unspecified atom stereocenters. The number of hydrogen-bond donors (Lipinski definition) is 1. The van der Waals surface area contributed by atoms with Crippen LogP contribution in [0.1, 0.15) is 26.7 Å². The first-order chi connectivity index (χ1) is 4.18. The molecule has 0 rings (SSSR count). The second-order valence-corrected chi connectivity index (χ2v) is 2.37. The van der Waals surface area contributed by atoms with Gasteiger partial charge >= 0.3 is 0 Å². The van der Waals surface area contributed by atoms with Gasteiger partial charge in [0.15, 0.2) is 0 Å². The quantitative estimate of drug-likeness (QED) is 0.567. The first kappa shape index (κ1) is 8.34. The number of rotatable bonds is 4. The zero-order valence-electron chi connectivity index (χ0n) is 5.82. The first-order valence-corrected chi connectivity index (χ1v) is 2.97. The highest BCUT2D eigenvalue weighted by Crippen LogP contribution is 2.20. The Balaban J connectivity index is 3.90. The predicted molar refractivity (Wildman–Crippen MR) is 36.4 cm³/mol. The number of nitrogens with one attached hydrogen (secondary N) is 1. The maximum Gasteiger partial charge on any atom is 0.205 e. The van der Waals surface area contributed by atoms with E-state index in [2.05, 4.69) is 6.21 Å². The van der Waals surface area contributed by atoms with Gasteiger partial charge in [-0.15, -0.1) is 0 Å². The molecule has 0 saturated heterocycles. The van der Waals surface area contributed by atoms with Crippen molar-refractivity contribution < 1.29 is 4.79 Å². The van der Waals surface area contributed by atoms with E-state index in [1.54, 1.807) is 6.92 Å². The zero-order chi connectivity index (χ0) is 7.33. The summed E-state index contributed by atoms with van der Waals surface area (Å²) in [6.07, 6.45) is 5.20. The summed E-state index contributed by atoms with van der Waals surface area (Å²) < 4.78 is 0. The first-order valence-electron chi connectivity index (χ1n) is 2.97. The highest BCUT2D eigenvalue weighted by molar-refractivity contribution is 5.67. The van der Waals surface area contributed by atoms with Crippen LogP contribution in [0, 0.1) is 10.8 Å². The molecular weight excluding hydrogens is 114 g/mol. The predicted octanol–water partition coefficient (Wildman–Crippen LogP) is 1.43. The van der Waals surface area contributed by atoms with Crippen LogP contribution in [0.4, 0.5) is 0 Å². The van der Waals surface area contributed by atoms with Crippen LogP contribution in [0.5, 0.6) is 0 Å². The highest BCUT2D eigenvalue weighted by atomic mass is 16.1. The van der Waals surface area contributed by atoms with Gasteiger partial charge in [0, 0.05) is 11.8 Å². The van der Waals surface area contributed by atoms with Gasteiger partial charge in [-0.25, -0.2) is 0 Å². The molecule has 0 spiro atoms. The minimum absolute atomic E-state index is 0.382. The fourth-order valence-corrected chi connectivity index (χ4v) is 0.428. The summed E-state index contributed by atoms with van der Waals surface area (Å²) in [7, 11) is 0. The van der Waals surface area contributed by atoms with Gasteiger partial charge in [-0.3, -0.25) is 4.79 Å². The Morgan fingerprint density at radius 2 is 2.22 bits per heavy atom. The van der Waals surface area contributed by atoms with E-state index < -0.39 is 5.41 Å². The summed E-state index contributed by atoms with van der Waals surface area (Å²) in [6.45, 7) is 3.68. The molecule has 0 saturated carbocycles. The third-order valence-electron chi connectivity index (χ3n) is 1.51. The SMILES string of the molecule is CCC(C)([C]=O)C[C]=N. The van der Waals surface area contributed by atoms with E-state index in [9.17, 15) is 4.79 Å². The van der Waals surface area contributed by atoms with Crippen LogP contribution in [0.3, 0.4) is 0 Å². The topological polar surface area (TPSA) is 40.9 Å². The summed E-state index contributed by atoms with van der Waals surface area (Å²) in [6, 6.07) is 0. The molecular formula is C7H11NO. The third-order valence-corrected chi connectivity index (χ3v) is 1.51. The summed E-state index contributed by atoms with van der Waals surface area (Å²) in [5, 5.41) is 6.64. The molecule has 2 heteroatoms. The van der Waals surface area contributed by atoms with Gasteiger partial charge in [-0.1, -0.05) is 13.8 Å². The molecule has 1 N–H and O–H groups in total. The van der Waals surface area contributed by atoms with Crippen molar-refractivity contribution in [2.45, 2.75) is 26.7 Å². The average molecular weight is 125 g/mol. The van der Waals surface area contributed by atoms with Gasteiger partial charge in [0.05, 0.1) is 6.21 Å². The van der Waals surface area contributed by atoms with Crippen LogP contribution >= 0.6 is 0 Å². The molecule has 0 fully saturated rings.